The summed E-state index contributed by atoms with van der Waals surface area (Å²) in [5.41, 5.74) is 4.06. The van der Waals surface area contributed by atoms with Crippen molar-refractivity contribution in [3.63, 3.8) is 0 Å². The first kappa shape index (κ1) is 15.6. The van der Waals surface area contributed by atoms with Gasteiger partial charge in [-0.2, -0.15) is 0 Å². The van der Waals surface area contributed by atoms with Gasteiger partial charge in [0.15, 0.2) is 0 Å². The molecule has 0 saturated carbocycles. The molecule has 2 nitrogen and oxygen atoms in total. The molecule has 1 N–H and O–H groups in total. The van der Waals surface area contributed by atoms with E-state index in [1.54, 1.807) is 7.11 Å². The Bertz CT molecular complexity index is 548. The average molecular weight is 283 g/mol. The molecule has 1 atom stereocenters. The van der Waals surface area contributed by atoms with Gasteiger partial charge in [-0.1, -0.05) is 42.0 Å². The van der Waals surface area contributed by atoms with Crippen LogP contribution in [0, 0.1) is 12.8 Å². The number of methoxy groups -OCH3 is 1. The highest BCUT2D eigenvalue weighted by atomic mass is 16.5. The number of rotatable bonds is 7. The van der Waals surface area contributed by atoms with Crippen LogP contribution < -0.4 is 10.1 Å². The molecule has 0 heterocycles. The minimum Gasteiger partial charge on any atom is -0.497 e. The van der Waals surface area contributed by atoms with Gasteiger partial charge in [0.25, 0.3) is 0 Å². The summed E-state index contributed by atoms with van der Waals surface area (Å²) in [7, 11) is 3.74. The van der Waals surface area contributed by atoms with Crippen molar-refractivity contribution in [1.82, 2.24) is 5.32 Å². The summed E-state index contributed by atoms with van der Waals surface area (Å²) in [6.07, 6.45) is 2.16. The third-order valence-corrected chi connectivity index (χ3v) is 3.80. The quantitative estimate of drug-likeness (QED) is 0.838. The summed E-state index contributed by atoms with van der Waals surface area (Å²) in [5, 5.41) is 3.32. The molecule has 0 bridgehead atoms. The van der Waals surface area contributed by atoms with Gasteiger partial charge in [-0.25, -0.2) is 0 Å². The van der Waals surface area contributed by atoms with E-state index < -0.39 is 0 Å². The van der Waals surface area contributed by atoms with E-state index in [4.69, 9.17) is 4.74 Å². The van der Waals surface area contributed by atoms with Crippen LogP contribution in [-0.4, -0.2) is 20.7 Å². The van der Waals surface area contributed by atoms with Crippen LogP contribution in [-0.2, 0) is 12.8 Å². The molecule has 0 radical (unpaired) electrons. The van der Waals surface area contributed by atoms with Crippen LogP contribution in [0.25, 0.3) is 0 Å². The molecule has 0 aliphatic rings. The highest BCUT2D eigenvalue weighted by molar-refractivity contribution is 5.29. The number of nitrogens with one attached hydrogen (secondary N) is 1. The maximum Gasteiger partial charge on any atom is 0.119 e. The lowest BCUT2D eigenvalue weighted by molar-refractivity contribution is 0.413. The minimum atomic E-state index is 0.588. The molecule has 1 unspecified atom stereocenters. The van der Waals surface area contributed by atoms with Crippen molar-refractivity contribution in [2.75, 3.05) is 20.7 Å². The molecule has 2 rings (SSSR count). The van der Waals surface area contributed by atoms with Gasteiger partial charge < -0.3 is 10.1 Å². The zero-order valence-electron chi connectivity index (χ0n) is 13.2. The summed E-state index contributed by atoms with van der Waals surface area (Å²) >= 11 is 0. The Morgan fingerprint density at radius 3 is 2.38 bits per heavy atom. The molecule has 0 aliphatic carbocycles. The van der Waals surface area contributed by atoms with E-state index in [1.165, 1.54) is 16.7 Å². The van der Waals surface area contributed by atoms with Crippen LogP contribution in [0.5, 0.6) is 5.75 Å². The van der Waals surface area contributed by atoms with E-state index in [9.17, 15) is 0 Å². The molecule has 21 heavy (non-hydrogen) atoms. The van der Waals surface area contributed by atoms with Crippen molar-refractivity contribution < 1.29 is 4.74 Å². The number of hydrogen-bond acceptors (Lipinski definition) is 2. The second kappa shape index (κ2) is 7.84. The maximum atomic E-state index is 5.31. The Labute approximate surface area is 128 Å². The zero-order chi connectivity index (χ0) is 15.1. The molecule has 0 aliphatic heterocycles. The lowest BCUT2D eigenvalue weighted by Crippen LogP contribution is -2.22. The molecule has 2 aromatic rings. The highest BCUT2D eigenvalue weighted by Crippen LogP contribution is 2.18. The Balaban J connectivity index is 2.05. The maximum absolute atomic E-state index is 5.31. The molecule has 0 aromatic heterocycles. The average Bonchev–Trinajstić information content (AvgIpc) is 2.50. The van der Waals surface area contributed by atoms with Gasteiger partial charge in [-0.15, -0.1) is 0 Å². The molecular weight excluding hydrogens is 258 g/mol. The fourth-order valence-electron chi connectivity index (χ4n) is 2.70. The predicted octanol–water partition coefficient (Wildman–Crippen LogP) is 3.62. The van der Waals surface area contributed by atoms with E-state index in [0.717, 1.165) is 25.1 Å². The number of benzene rings is 2. The smallest absolute Gasteiger partial charge is 0.119 e. The van der Waals surface area contributed by atoms with Gasteiger partial charge in [0, 0.05) is 0 Å². The summed E-state index contributed by atoms with van der Waals surface area (Å²) in [4.78, 5) is 0. The van der Waals surface area contributed by atoms with E-state index >= 15 is 0 Å². The SMILES string of the molecule is CNCC(Cc1ccc(C)cc1)Cc1cccc(OC)c1. The Morgan fingerprint density at radius 1 is 1.00 bits per heavy atom. The summed E-state index contributed by atoms with van der Waals surface area (Å²) in [6.45, 7) is 3.15. The molecule has 0 fully saturated rings. The fraction of sp³-hybridized carbons (Fsp3) is 0.368. The monoisotopic (exact) mass is 283 g/mol. The summed E-state index contributed by atoms with van der Waals surface area (Å²) in [6, 6.07) is 17.2. The third-order valence-electron chi connectivity index (χ3n) is 3.80. The minimum absolute atomic E-state index is 0.588. The van der Waals surface area contributed by atoms with E-state index in [2.05, 4.69) is 54.7 Å². The Kier molecular flexibility index (Phi) is 5.82. The van der Waals surface area contributed by atoms with E-state index in [1.807, 2.05) is 13.1 Å². The third kappa shape index (κ3) is 4.91. The van der Waals surface area contributed by atoms with Gasteiger partial charge in [-0.3, -0.25) is 0 Å². The first-order chi connectivity index (χ1) is 10.2. The normalized spacial score (nSPS) is 12.1. The second-order valence-electron chi connectivity index (χ2n) is 5.67. The summed E-state index contributed by atoms with van der Waals surface area (Å²) in [5.74, 6) is 1.52. The van der Waals surface area contributed by atoms with Crippen molar-refractivity contribution >= 4 is 0 Å². The van der Waals surface area contributed by atoms with Crippen molar-refractivity contribution in [3.05, 3.63) is 65.2 Å². The first-order valence-corrected chi connectivity index (χ1v) is 7.54. The zero-order valence-corrected chi connectivity index (χ0v) is 13.2. The Hall–Kier alpha value is -1.80. The lowest BCUT2D eigenvalue weighted by Gasteiger charge is -2.17. The van der Waals surface area contributed by atoms with Crippen LogP contribution in [0.2, 0.25) is 0 Å². The standard InChI is InChI=1S/C19H25NO/c1-15-7-9-16(10-8-15)11-18(14-20-2)12-17-5-4-6-19(13-17)21-3/h4-10,13,18,20H,11-12,14H2,1-3H3. The van der Waals surface area contributed by atoms with Crippen LogP contribution in [0.3, 0.4) is 0 Å². The van der Waals surface area contributed by atoms with Crippen molar-refractivity contribution in [1.29, 1.82) is 0 Å². The molecule has 112 valence electrons. The topological polar surface area (TPSA) is 21.3 Å². The number of hydrogen-bond donors (Lipinski definition) is 1. The molecule has 0 saturated heterocycles. The van der Waals surface area contributed by atoms with E-state index in [-0.39, 0.29) is 0 Å². The van der Waals surface area contributed by atoms with Crippen LogP contribution in [0.15, 0.2) is 48.5 Å². The lowest BCUT2D eigenvalue weighted by atomic mass is 9.92. The molecule has 2 heteroatoms. The largest absolute Gasteiger partial charge is 0.497 e. The Morgan fingerprint density at radius 2 is 1.71 bits per heavy atom. The highest BCUT2D eigenvalue weighted by Gasteiger charge is 2.10. The van der Waals surface area contributed by atoms with Crippen LogP contribution in [0.4, 0.5) is 0 Å². The summed E-state index contributed by atoms with van der Waals surface area (Å²) < 4.78 is 5.31. The van der Waals surface area contributed by atoms with Crippen LogP contribution in [0.1, 0.15) is 16.7 Å². The van der Waals surface area contributed by atoms with Crippen molar-refractivity contribution in [2.45, 2.75) is 19.8 Å². The van der Waals surface area contributed by atoms with E-state index in [0.29, 0.717) is 5.92 Å². The van der Waals surface area contributed by atoms with Gasteiger partial charge in [-0.05, 0) is 62.5 Å². The molecule has 2 aromatic carbocycles. The molecule has 0 spiro atoms. The second-order valence-corrected chi connectivity index (χ2v) is 5.67. The number of aryl methyl sites for hydroxylation is 1. The predicted molar refractivity (Wildman–Crippen MR) is 89.0 cm³/mol. The number of ether oxygens (including phenoxy) is 1. The van der Waals surface area contributed by atoms with Crippen molar-refractivity contribution in [2.24, 2.45) is 5.92 Å². The van der Waals surface area contributed by atoms with Gasteiger partial charge >= 0.3 is 0 Å². The van der Waals surface area contributed by atoms with Crippen LogP contribution >= 0.6 is 0 Å². The van der Waals surface area contributed by atoms with Gasteiger partial charge in [0.05, 0.1) is 7.11 Å². The molecule has 0 amide bonds. The molecular formula is C19H25NO. The van der Waals surface area contributed by atoms with Gasteiger partial charge in [0.1, 0.15) is 5.75 Å². The van der Waals surface area contributed by atoms with Crippen molar-refractivity contribution in [3.8, 4) is 5.75 Å². The fourth-order valence-corrected chi connectivity index (χ4v) is 2.70. The van der Waals surface area contributed by atoms with Gasteiger partial charge in [0.2, 0.25) is 0 Å². The first-order valence-electron chi connectivity index (χ1n) is 7.54.